The van der Waals surface area contributed by atoms with Gasteiger partial charge in [-0.2, -0.15) is 0 Å². The molecule has 1 fully saturated rings. The van der Waals surface area contributed by atoms with Crippen LogP contribution in [0.15, 0.2) is 76.6 Å². The highest BCUT2D eigenvalue weighted by Gasteiger charge is 2.35. The summed E-state index contributed by atoms with van der Waals surface area (Å²) in [5.74, 6) is 1.69. The lowest BCUT2D eigenvalue weighted by Gasteiger charge is -2.36. The molecule has 1 amide bonds. The Morgan fingerprint density at radius 3 is 2.40 bits per heavy atom. The quantitative estimate of drug-likeness (QED) is 0.262. The maximum Gasteiger partial charge on any atom is 0.410 e. The van der Waals surface area contributed by atoms with Crippen molar-refractivity contribution in [2.24, 2.45) is 4.99 Å². The molecule has 4 aromatic rings. The van der Waals surface area contributed by atoms with E-state index < -0.39 is 23.8 Å². The zero-order valence-corrected chi connectivity index (χ0v) is 24.5. The first kappa shape index (κ1) is 28.9. The second kappa shape index (κ2) is 11.7. The van der Waals surface area contributed by atoms with Crippen LogP contribution in [0.2, 0.25) is 0 Å². The van der Waals surface area contributed by atoms with Crippen LogP contribution in [-0.4, -0.2) is 80.3 Å². The Hall–Kier alpha value is -4.64. The van der Waals surface area contributed by atoms with Crippen LogP contribution in [0, 0.1) is 0 Å². The molecule has 0 saturated carbocycles. The third-order valence-electron chi connectivity index (χ3n) is 6.67. The predicted octanol–water partition coefficient (Wildman–Crippen LogP) is 4.74. The lowest BCUT2D eigenvalue weighted by Crippen LogP contribution is -2.49. The van der Waals surface area contributed by atoms with Crippen molar-refractivity contribution >= 4 is 29.3 Å². The summed E-state index contributed by atoms with van der Waals surface area (Å²) in [5, 5.41) is 10.8. The normalized spacial score (nSPS) is 17.5. The molecule has 0 bridgehead atoms. The van der Waals surface area contributed by atoms with Gasteiger partial charge in [-0.05, 0) is 69.7 Å². The number of β-amino-alcohol motifs (C(OH)–C–C–N with tert-alkyl or cyclic N) is 1. The van der Waals surface area contributed by atoms with E-state index in [2.05, 4.69) is 9.98 Å². The van der Waals surface area contributed by atoms with Crippen LogP contribution >= 0.6 is 0 Å². The summed E-state index contributed by atoms with van der Waals surface area (Å²) in [6.45, 7) is 5.70. The molecule has 1 saturated heterocycles. The minimum Gasteiger partial charge on any atom is -0.457 e. The van der Waals surface area contributed by atoms with E-state index in [-0.39, 0.29) is 18.8 Å². The number of carbonyl (C=O) groups excluding carboxylic acids is 1. The molecule has 0 radical (unpaired) electrons. The number of aliphatic hydroxyl groups excluding tert-OH is 1. The Kier molecular flexibility index (Phi) is 8.04. The van der Waals surface area contributed by atoms with Gasteiger partial charge in [-0.15, -0.1) is 0 Å². The number of aliphatic hydroxyl groups is 1. The molecular weight excluding hydrogens is 536 g/mol. The van der Waals surface area contributed by atoms with Crippen molar-refractivity contribution in [2.75, 3.05) is 27.2 Å². The first-order valence-corrected chi connectivity index (χ1v) is 13.8. The van der Waals surface area contributed by atoms with Gasteiger partial charge >= 0.3 is 11.8 Å². The Balaban J connectivity index is 1.60. The van der Waals surface area contributed by atoms with Crippen molar-refractivity contribution in [3.05, 3.63) is 77.3 Å². The summed E-state index contributed by atoms with van der Waals surface area (Å²) in [7, 11) is 3.70. The summed E-state index contributed by atoms with van der Waals surface area (Å²) in [6, 6.07) is 17.9. The van der Waals surface area contributed by atoms with Crippen molar-refractivity contribution in [3.8, 4) is 17.2 Å². The van der Waals surface area contributed by atoms with Crippen molar-refractivity contribution in [1.82, 2.24) is 23.9 Å². The van der Waals surface area contributed by atoms with Crippen molar-refractivity contribution in [3.63, 3.8) is 0 Å². The van der Waals surface area contributed by atoms with E-state index in [4.69, 9.17) is 9.47 Å². The second-order valence-corrected chi connectivity index (χ2v) is 11.5. The maximum absolute atomic E-state index is 14.3. The standard InChI is InChI=1S/C31H36N6O5/c1-31(2,3)42-30(40)35-18-22(17-23(38)19-35)36-26-15-16-32-28(33-20-34(4)5)27(26)37(29(36)39)21-11-13-25(14-12-21)41-24-9-7-6-8-10-24/h6-16,20,22-23,38H,17-19H2,1-5H3/t22-,23+/m1/s1. The average Bonchev–Trinajstić information content (AvgIpc) is 3.24. The highest BCUT2D eigenvalue weighted by molar-refractivity contribution is 5.88. The van der Waals surface area contributed by atoms with Crippen molar-refractivity contribution in [1.29, 1.82) is 0 Å². The number of piperidine rings is 1. The molecule has 2 aromatic heterocycles. The Morgan fingerprint density at radius 2 is 1.74 bits per heavy atom. The van der Waals surface area contributed by atoms with Crippen LogP contribution in [0.5, 0.6) is 11.5 Å². The fraction of sp³-hybridized carbons (Fsp3) is 0.355. The van der Waals surface area contributed by atoms with Crippen LogP contribution in [0.4, 0.5) is 10.6 Å². The molecule has 220 valence electrons. The van der Waals surface area contributed by atoms with Crippen LogP contribution in [-0.2, 0) is 4.74 Å². The predicted molar refractivity (Wildman–Crippen MR) is 161 cm³/mol. The topological polar surface area (TPSA) is 114 Å². The summed E-state index contributed by atoms with van der Waals surface area (Å²) in [5.41, 5.74) is 0.677. The van der Waals surface area contributed by atoms with E-state index in [1.54, 1.807) is 77.7 Å². The van der Waals surface area contributed by atoms with Gasteiger partial charge in [-0.25, -0.2) is 19.6 Å². The van der Waals surface area contributed by atoms with Gasteiger partial charge in [0.05, 0.1) is 36.2 Å². The smallest absolute Gasteiger partial charge is 0.410 e. The van der Waals surface area contributed by atoms with Crippen LogP contribution in [0.3, 0.4) is 0 Å². The molecule has 0 aliphatic carbocycles. The molecule has 42 heavy (non-hydrogen) atoms. The molecule has 1 N–H and O–H groups in total. The van der Waals surface area contributed by atoms with E-state index in [9.17, 15) is 14.7 Å². The number of ether oxygens (including phenoxy) is 2. The molecule has 11 heteroatoms. The number of rotatable bonds is 6. The zero-order valence-electron chi connectivity index (χ0n) is 24.5. The fourth-order valence-electron chi connectivity index (χ4n) is 5.00. The average molecular weight is 573 g/mol. The van der Waals surface area contributed by atoms with Gasteiger partial charge in [-0.1, -0.05) is 18.2 Å². The monoisotopic (exact) mass is 572 g/mol. The minimum absolute atomic E-state index is 0.127. The summed E-state index contributed by atoms with van der Waals surface area (Å²) >= 11 is 0. The molecule has 3 heterocycles. The highest BCUT2D eigenvalue weighted by Crippen LogP contribution is 2.32. The van der Waals surface area contributed by atoms with Gasteiger partial charge < -0.3 is 24.4 Å². The van der Waals surface area contributed by atoms with Crippen molar-refractivity contribution in [2.45, 2.75) is 44.9 Å². The van der Waals surface area contributed by atoms with Gasteiger partial charge in [0.1, 0.15) is 22.6 Å². The third kappa shape index (κ3) is 6.31. The van der Waals surface area contributed by atoms with E-state index in [0.717, 1.165) is 0 Å². The fourth-order valence-corrected chi connectivity index (χ4v) is 5.00. The number of amides is 1. The van der Waals surface area contributed by atoms with Gasteiger partial charge in [0, 0.05) is 26.8 Å². The lowest BCUT2D eigenvalue weighted by atomic mass is 10.0. The number of fused-ring (bicyclic) bond motifs is 1. The summed E-state index contributed by atoms with van der Waals surface area (Å²) in [6.07, 6.45) is 2.16. The second-order valence-electron chi connectivity index (χ2n) is 11.5. The van der Waals surface area contributed by atoms with Crippen LogP contribution in [0.1, 0.15) is 33.2 Å². The summed E-state index contributed by atoms with van der Waals surface area (Å²) in [4.78, 5) is 39.5. The van der Waals surface area contributed by atoms with Gasteiger partial charge in [0.15, 0.2) is 5.82 Å². The molecule has 2 aromatic carbocycles. The molecule has 5 rings (SSSR count). The highest BCUT2D eigenvalue weighted by atomic mass is 16.6. The van der Waals surface area contributed by atoms with Crippen molar-refractivity contribution < 1.29 is 19.4 Å². The Labute approximate surface area is 244 Å². The van der Waals surface area contributed by atoms with Gasteiger partial charge in [-0.3, -0.25) is 9.13 Å². The molecule has 2 atom stereocenters. The number of aromatic nitrogens is 3. The molecule has 0 unspecified atom stereocenters. The Bertz CT molecular complexity index is 1640. The molecule has 11 nitrogen and oxygen atoms in total. The number of hydrogen-bond donors (Lipinski definition) is 1. The number of carbonyl (C=O) groups is 1. The molecule has 1 aliphatic rings. The maximum atomic E-state index is 14.3. The molecular formula is C31H36N6O5. The van der Waals surface area contributed by atoms with Crippen LogP contribution < -0.4 is 10.4 Å². The Morgan fingerprint density at radius 1 is 1.05 bits per heavy atom. The van der Waals surface area contributed by atoms with E-state index >= 15 is 0 Å². The number of aliphatic imine (C=N–C) groups is 1. The van der Waals surface area contributed by atoms with Crippen LogP contribution in [0.25, 0.3) is 16.7 Å². The SMILES string of the molecule is CN(C)C=Nc1nccc2c1n(-c1ccc(Oc3ccccc3)cc1)c(=O)n2[C@@H]1C[C@H](O)CN(C(=O)OC(C)(C)C)C1. The minimum atomic E-state index is -0.830. The third-order valence-corrected chi connectivity index (χ3v) is 6.67. The largest absolute Gasteiger partial charge is 0.457 e. The lowest BCUT2D eigenvalue weighted by molar-refractivity contribution is -0.00568. The van der Waals surface area contributed by atoms with Gasteiger partial charge in [0.25, 0.3) is 0 Å². The first-order valence-electron chi connectivity index (χ1n) is 13.8. The molecule has 0 spiro atoms. The van der Waals surface area contributed by atoms with E-state index in [1.807, 2.05) is 44.4 Å². The first-order chi connectivity index (χ1) is 20.0. The number of benzene rings is 2. The van der Waals surface area contributed by atoms with Gasteiger partial charge in [0.2, 0.25) is 0 Å². The van der Waals surface area contributed by atoms with E-state index in [0.29, 0.717) is 40.5 Å². The summed E-state index contributed by atoms with van der Waals surface area (Å²) < 4.78 is 14.7. The number of pyridine rings is 1. The van der Waals surface area contributed by atoms with E-state index in [1.165, 1.54) is 4.90 Å². The number of hydrogen-bond acceptors (Lipinski definition) is 7. The zero-order chi connectivity index (χ0) is 30.0. The molecule has 1 aliphatic heterocycles. The number of nitrogens with zero attached hydrogens (tertiary/aromatic N) is 6. The number of imidazole rings is 1. The number of para-hydroxylation sites is 1. The number of likely N-dealkylation sites (tertiary alicyclic amines) is 1.